The van der Waals surface area contributed by atoms with E-state index in [1.807, 2.05) is 12.1 Å². The number of hydrogen-bond donors (Lipinski definition) is 4. The number of hydrogen-bond acceptors (Lipinski definition) is 4. The Morgan fingerprint density at radius 1 is 1.40 bits per heavy atom. The van der Waals surface area contributed by atoms with Gasteiger partial charge in [-0.1, -0.05) is 12.8 Å². The van der Waals surface area contributed by atoms with Gasteiger partial charge in [0.15, 0.2) is 11.5 Å². The molecule has 25 heavy (non-hydrogen) atoms. The fourth-order valence-electron chi connectivity index (χ4n) is 4.77. The number of fused-ring (bicyclic) bond motifs is 1. The molecule has 0 radical (unpaired) electrons. The predicted molar refractivity (Wildman–Crippen MR) is 93.4 cm³/mol. The van der Waals surface area contributed by atoms with E-state index in [0.29, 0.717) is 18.7 Å². The van der Waals surface area contributed by atoms with E-state index in [-0.39, 0.29) is 23.6 Å². The van der Waals surface area contributed by atoms with Crippen LogP contribution in [-0.2, 0) is 4.79 Å². The number of primary amides is 1. The Balaban J connectivity index is 1.96. The normalized spacial score (nSPS) is 32.0. The van der Waals surface area contributed by atoms with Gasteiger partial charge < -0.3 is 25.6 Å². The summed E-state index contributed by atoms with van der Waals surface area (Å²) in [5.41, 5.74) is 5.77. The van der Waals surface area contributed by atoms with Crippen LogP contribution in [0, 0.1) is 5.92 Å². The van der Waals surface area contributed by atoms with Crippen molar-refractivity contribution in [2.24, 2.45) is 11.7 Å². The van der Waals surface area contributed by atoms with Crippen molar-refractivity contribution in [3.05, 3.63) is 23.8 Å². The van der Waals surface area contributed by atoms with Crippen LogP contribution in [0.3, 0.4) is 0 Å². The second-order valence-corrected chi connectivity index (χ2v) is 7.49. The van der Waals surface area contributed by atoms with Crippen molar-refractivity contribution in [1.82, 2.24) is 0 Å². The zero-order valence-electron chi connectivity index (χ0n) is 14.8. The molecule has 6 nitrogen and oxygen atoms in total. The number of amides is 1. The zero-order valence-corrected chi connectivity index (χ0v) is 14.8. The second-order valence-electron chi connectivity index (χ2n) is 7.49. The van der Waals surface area contributed by atoms with Crippen molar-refractivity contribution in [3.63, 3.8) is 0 Å². The summed E-state index contributed by atoms with van der Waals surface area (Å²) in [7, 11) is 1.54. The average molecular weight is 349 g/mol. The maximum Gasteiger partial charge on any atom is 0.223 e. The quantitative estimate of drug-likeness (QED) is 0.623. The third-order valence-electron chi connectivity index (χ3n) is 6.04. The minimum Gasteiger partial charge on any atom is -0.504 e. The summed E-state index contributed by atoms with van der Waals surface area (Å²) < 4.78 is 5.28. The summed E-state index contributed by atoms with van der Waals surface area (Å²) in [5, 5.41) is 21.1. The van der Waals surface area contributed by atoms with E-state index >= 15 is 0 Å². The molecule has 1 unspecified atom stereocenters. The molecule has 1 heterocycles. The molecule has 3 rings (SSSR count). The number of aliphatic hydroxyl groups is 1. The van der Waals surface area contributed by atoms with Gasteiger partial charge in [0.25, 0.3) is 0 Å². The number of phenols is 1. The largest absolute Gasteiger partial charge is 0.504 e. The Bertz CT molecular complexity index is 636. The first-order chi connectivity index (χ1) is 11.9. The average Bonchev–Trinajstić information content (AvgIpc) is 2.59. The highest BCUT2D eigenvalue weighted by Gasteiger charge is 2.51. The number of benzene rings is 1. The van der Waals surface area contributed by atoms with Gasteiger partial charge in [-0.05, 0) is 31.0 Å². The molecule has 2 aliphatic rings. The van der Waals surface area contributed by atoms with Crippen molar-refractivity contribution >= 4 is 5.91 Å². The highest BCUT2D eigenvalue weighted by atomic mass is 16.5. The van der Waals surface area contributed by atoms with Crippen molar-refractivity contribution in [1.29, 1.82) is 0 Å². The molecule has 138 valence electrons. The topological polar surface area (TPSA) is 97.2 Å². The minimum absolute atomic E-state index is 0.0768. The number of quaternary nitrogens is 1. The van der Waals surface area contributed by atoms with E-state index in [1.54, 1.807) is 6.07 Å². The summed E-state index contributed by atoms with van der Waals surface area (Å²) in [5.74, 6) is 0.405. The number of carbonyl (C=O) groups is 1. The van der Waals surface area contributed by atoms with Crippen LogP contribution in [-0.4, -0.2) is 41.9 Å². The third-order valence-corrected chi connectivity index (χ3v) is 6.04. The fraction of sp³-hybridized carbons (Fsp3) is 0.632. The van der Waals surface area contributed by atoms with E-state index in [4.69, 9.17) is 10.5 Å². The van der Waals surface area contributed by atoms with Crippen LogP contribution in [0.1, 0.15) is 50.1 Å². The first-order valence-corrected chi connectivity index (χ1v) is 9.17. The van der Waals surface area contributed by atoms with E-state index in [1.165, 1.54) is 12.0 Å². The van der Waals surface area contributed by atoms with Gasteiger partial charge >= 0.3 is 0 Å². The molecule has 0 spiro atoms. The Morgan fingerprint density at radius 3 is 2.92 bits per heavy atom. The maximum atomic E-state index is 11.3. The molecular formula is C19H29N2O4+. The van der Waals surface area contributed by atoms with Gasteiger partial charge in [0.1, 0.15) is 6.04 Å². The lowest BCUT2D eigenvalue weighted by atomic mass is 9.66. The lowest BCUT2D eigenvalue weighted by molar-refractivity contribution is -0.944. The molecule has 5 N–H and O–H groups in total. The van der Waals surface area contributed by atoms with Gasteiger partial charge in [-0.15, -0.1) is 0 Å². The molecule has 1 amide bonds. The number of methoxy groups -OCH3 is 1. The summed E-state index contributed by atoms with van der Waals surface area (Å²) in [4.78, 5) is 12.6. The molecule has 4 atom stereocenters. The highest BCUT2D eigenvalue weighted by Crippen LogP contribution is 2.45. The SMILES string of the molecule is COc1cc([C@@H]2[C@@H]3CCCC[C@@]3(O)CC[NH+]2CCC(N)=O)ccc1O. The number of piperidine rings is 1. The Labute approximate surface area is 148 Å². The van der Waals surface area contributed by atoms with Gasteiger partial charge in [-0.3, -0.25) is 4.79 Å². The first-order valence-electron chi connectivity index (χ1n) is 9.17. The summed E-state index contributed by atoms with van der Waals surface area (Å²) in [6.45, 7) is 1.48. The molecule has 6 heteroatoms. The van der Waals surface area contributed by atoms with Crippen LogP contribution >= 0.6 is 0 Å². The van der Waals surface area contributed by atoms with Gasteiger partial charge in [-0.25, -0.2) is 0 Å². The molecule has 1 saturated carbocycles. The van der Waals surface area contributed by atoms with E-state index in [9.17, 15) is 15.0 Å². The molecule has 0 aromatic heterocycles. The van der Waals surface area contributed by atoms with E-state index in [0.717, 1.165) is 44.2 Å². The number of nitrogens with two attached hydrogens (primary N) is 1. The number of ether oxygens (including phenoxy) is 1. The number of nitrogens with one attached hydrogen (secondary N) is 1. The molecule has 0 bridgehead atoms. The standard InChI is InChI=1S/C19H28N2O4/c1-25-16-12-13(5-6-15(16)22)18-14-4-2-3-8-19(14,24)9-11-21(18)10-7-17(20)23/h5-6,12,14,18,22,24H,2-4,7-11H2,1H3,(H2,20,23)/p+1/t14-,18+,19+/m0/s1. The van der Waals surface area contributed by atoms with Gasteiger partial charge in [0, 0.05) is 17.9 Å². The minimum atomic E-state index is -0.635. The molecule has 1 aliphatic heterocycles. The summed E-state index contributed by atoms with van der Waals surface area (Å²) >= 11 is 0. The van der Waals surface area contributed by atoms with Gasteiger partial charge in [0.05, 0.1) is 32.2 Å². The number of likely N-dealkylation sites (tertiary alicyclic amines) is 1. The van der Waals surface area contributed by atoms with Crippen molar-refractivity contribution in [2.45, 2.75) is 50.2 Å². The van der Waals surface area contributed by atoms with Crippen LogP contribution in [0.2, 0.25) is 0 Å². The van der Waals surface area contributed by atoms with Crippen molar-refractivity contribution in [3.8, 4) is 11.5 Å². The van der Waals surface area contributed by atoms with Crippen molar-refractivity contribution in [2.75, 3.05) is 20.2 Å². The van der Waals surface area contributed by atoms with E-state index < -0.39 is 5.60 Å². The second kappa shape index (κ2) is 7.22. The Morgan fingerprint density at radius 2 is 2.20 bits per heavy atom. The van der Waals surface area contributed by atoms with Crippen molar-refractivity contribution < 1.29 is 24.6 Å². The maximum absolute atomic E-state index is 11.3. The number of rotatable bonds is 5. The van der Waals surface area contributed by atoms with Crippen LogP contribution in [0.4, 0.5) is 0 Å². The fourth-order valence-corrected chi connectivity index (χ4v) is 4.77. The molecule has 1 aromatic carbocycles. The first kappa shape index (κ1) is 18.0. The Hall–Kier alpha value is -1.79. The van der Waals surface area contributed by atoms with Crippen LogP contribution in [0.25, 0.3) is 0 Å². The highest BCUT2D eigenvalue weighted by molar-refractivity contribution is 5.73. The predicted octanol–water partition coefficient (Wildman–Crippen LogP) is 0.527. The summed E-state index contributed by atoms with van der Waals surface area (Å²) in [6.07, 6.45) is 5.09. The van der Waals surface area contributed by atoms with Crippen LogP contribution < -0.4 is 15.4 Å². The molecule has 2 fully saturated rings. The number of carbonyl (C=O) groups excluding carboxylic acids is 1. The summed E-state index contributed by atoms with van der Waals surface area (Å²) in [6, 6.07) is 5.50. The smallest absolute Gasteiger partial charge is 0.223 e. The third kappa shape index (κ3) is 3.60. The number of phenolic OH excluding ortho intramolecular Hbond substituents is 1. The van der Waals surface area contributed by atoms with Crippen LogP contribution in [0.15, 0.2) is 18.2 Å². The number of aromatic hydroxyl groups is 1. The zero-order chi connectivity index (χ0) is 18.0. The molecule has 1 aromatic rings. The monoisotopic (exact) mass is 349 g/mol. The lowest BCUT2D eigenvalue weighted by Gasteiger charge is -2.50. The lowest BCUT2D eigenvalue weighted by Crippen LogP contribution is -3.15. The molecule has 1 aliphatic carbocycles. The van der Waals surface area contributed by atoms with Gasteiger partial charge in [-0.2, -0.15) is 0 Å². The van der Waals surface area contributed by atoms with E-state index in [2.05, 4.69) is 0 Å². The Kier molecular flexibility index (Phi) is 5.20. The molecule has 1 saturated heterocycles. The van der Waals surface area contributed by atoms with Gasteiger partial charge in [0.2, 0.25) is 5.91 Å². The van der Waals surface area contributed by atoms with Crippen LogP contribution in [0.5, 0.6) is 11.5 Å². The molecular weight excluding hydrogens is 320 g/mol.